The van der Waals surface area contributed by atoms with Crippen LogP contribution in [-0.2, 0) is 33.4 Å². The first-order chi connectivity index (χ1) is 19.0. The summed E-state index contributed by atoms with van der Waals surface area (Å²) < 4.78 is 21.7. The Balaban J connectivity index is 1.61. The maximum atomic E-state index is 14.2. The molecular weight excluding hydrogens is 540 g/mol. The number of fused-ring (bicyclic) bond motifs is 5. The van der Waals surface area contributed by atoms with Gasteiger partial charge in [0, 0.05) is 47.0 Å². The van der Waals surface area contributed by atoms with E-state index in [9.17, 15) is 39.6 Å². The number of furan rings is 1. The summed E-state index contributed by atoms with van der Waals surface area (Å²) in [5.74, 6) is -7.09. The molecule has 1 aromatic rings. The number of Topliss-reactive ketones (excluding diaryl/α,β-unsaturated/α-hetero) is 1. The lowest BCUT2D eigenvalue weighted by Crippen LogP contribution is -2.86. The number of aliphatic hydroxyl groups excluding tert-OH is 2. The third-order valence-electron chi connectivity index (χ3n) is 12.0. The van der Waals surface area contributed by atoms with Crippen molar-refractivity contribution in [1.29, 1.82) is 0 Å². The summed E-state index contributed by atoms with van der Waals surface area (Å²) in [6, 6.07) is 1.58. The van der Waals surface area contributed by atoms with Gasteiger partial charge in [0.25, 0.3) is 0 Å². The third kappa shape index (κ3) is 2.85. The van der Waals surface area contributed by atoms with Crippen molar-refractivity contribution in [2.75, 3.05) is 7.11 Å². The first-order valence-electron chi connectivity index (χ1n) is 13.9. The lowest BCUT2D eigenvalue weighted by molar-refractivity contribution is -0.380. The summed E-state index contributed by atoms with van der Waals surface area (Å²) in [5, 5.41) is 49.0. The van der Waals surface area contributed by atoms with Crippen LogP contribution in [0.1, 0.15) is 65.0 Å². The SMILES string of the molecule is COC(=O)C(O)C1C2(C)CC3(OC(C)=O)C(C2=O)C(O)C2(O)C(CCC4(C)C(c5ccoc5)OC(=O)CC42O)C13C. The van der Waals surface area contributed by atoms with Crippen molar-refractivity contribution in [3.05, 3.63) is 24.2 Å². The molecule has 4 aliphatic carbocycles. The fourth-order valence-corrected chi connectivity index (χ4v) is 10.5. The molecule has 0 aromatic carbocycles. The Hall–Kier alpha value is -2.80. The van der Waals surface area contributed by atoms with Gasteiger partial charge >= 0.3 is 17.9 Å². The van der Waals surface area contributed by atoms with Gasteiger partial charge in [0.1, 0.15) is 28.7 Å². The van der Waals surface area contributed by atoms with Gasteiger partial charge in [-0.1, -0.05) is 20.8 Å². The topological polar surface area (TPSA) is 190 Å². The highest BCUT2D eigenvalue weighted by Gasteiger charge is 2.91. The van der Waals surface area contributed by atoms with E-state index in [-0.39, 0.29) is 19.3 Å². The van der Waals surface area contributed by atoms with Gasteiger partial charge in [-0.05, 0) is 18.9 Å². The van der Waals surface area contributed by atoms with Crippen LogP contribution in [-0.4, -0.2) is 80.2 Å². The molecule has 12 nitrogen and oxygen atoms in total. The molecule has 2 heterocycles. The molecule has 224 valence electrons. The van der Waals surface area contributed by atoms with Crippen molar-refractivity contribution in [2.45, 2.75) is 88.5 Å². The Kier molecular flexibility index (Phi) is 5.65. The Labute approximate surface area is 235 Å². The van der Waals surface area contributed by atoms with Crippen LogP contribution in [0.3, 0.4) is 0 Å². The minimum absolute atomic E-state index is 0.0964. The molecule has 1 saturated heterocycles. The molecule has 41 heavy (non-hydrogen) atoms. The van der Waals surface area contributed by atoms with Crippen LogP contribution in [0.2, 0.25) is 0 Å². The molecule has 4 saturated carbocycles. The van der Waals surface area contributed by atoms with E-state index in [1.54, 1.807) is 26.8 Å². The van der Waals surface area contributed by atoms with E-state index >= 15 is 0 Å². The van der Waals surface area contributed by atoms with Crippen LogP contribution in [0.25, 0.3) is 0 Å². The summed E-state index contributed by atoms with van der Waals surface area (Å²) >= 11 is 0. The monoisotopic (exact) mass is 576 g/mol. The molecule has 4 N–H and O–H groups in total. The minimum atomic E-state index is -2.53. The number of methoxy groups -OCH3 is 1. The number of ketones is 1. The highest BCUT2D eigenvalue weighted by atomic mass is 16.6. The number of aliphatic hydroxyl groups is 4. The second-order valence-electron chi connectivity index (χ2n) is 13.4. The van der Waals surface area contributed by atoms with Gasteiger partial charge in [0.15, 0.2) is 6.10 Å². The summed E-state index contributed by atoms with van der Waals surface area (Å²) in [5.41, 5.74) is -10.5. The zero-order valence-electron chi connectivity index (χ0n) is 23.6. The average Bonchev–Trinajstić information content (AvgIpc) is 3.54. The van der Waals surface area contributed by atoms with Crippen LogP contribution >= 0.6 is 0 Å². The Morgan fingerprint density at radius 3 is 2.44 bits per heavy atom. The van der Waals surface area contributed by atoms with Crippen LogP contribution in [0.15, 0.2) is 23.0 Å². The molecule has 1 aliphatic heterocycles. The number of carbonyl (C=O) groups is 4. The van der Waals surface area contributed by atoms with E-state index in [4.69, 9.17) is 18.6 Å². The molecule has 12 heteroatoms. The maximum Gasteiger partial charge on any atom is 0.335 e. The van der Waals surface area contributed by atoms with E-state index in [1.807, 2.05) is 0 Å². The van der Waals surface area contributed by atoms with Gasteiger partial charge in [0.05, 0.1) is 38.1 Å². The summed E-state index contributed by atoms with van der Waals surface area (Å²) in [6.45, 7) is 5.99. The maximum absolute atomic E-state index is 14.2. The zero-order chi connectivity index (χ0) is 30.1. The van der Waals surface area contributed by atoms with Gasteiger partial charge in [0.2, 0.25) is 0 Å². The average molecular weight is 577 g/mol. The molecule has 0 spiro atoms. The Morgan fingerprint density at radius 1 is 1.17 bits per heavy atom. The Bertz CT molecular complexity index is 1340. The van der Waals surface area contributed by atoms with Gasteiger partial charge in [-0.3, -0.25) is 14.4 Å². The standard InChI is InChI=1S/C29H36O12/c1-13(30)41-27-12-24(2)19(18(32)23(35)38-5)26(27,4)15-6-8-25(3)22(14-7-9-39-11-14)40-16(31)10-28(25,36)29(15,37)21(34)17(27)20(24)33/h7,9,11,15,17-19,21-22,32,34,36-37H,6,8,10,12H2,1-5H3. The Morgan fingerprint density at radius 2 is 1.85 bits per heavy atom. The summed E-state index contributed by atoms with van der Waals surface area (Å²) in [7, 11) is 1.09. The predicted octanol–water partition coefficient (Wildman–Crippen LogP) is 0.588. The molecule has 5 fully saturated rings. The third-order valence-corrected chi connectivity index (χ3v) is 12.0. The number of carbonyl (C=O) groups excluding carboxylic acids is 4. The first-order valence-corrected chi connectivity index (χ1v) is 13.9. The van der Waals surface area contributed by atoms with E-state index in [0.29, 0.717) is 5.56 Å². The van der Waals surface area contributed by atoms with Crippen LogP contribution in [0.5, 0.6) is 0 Å². The van der Waals surface area contributed by atoms with Crippen molar-refractivity contribution in [2.24, 2.45) is 34.0 Å². The van der Waals surface area contributed by atoms with Gasteiger partial charge < -0.3 is 39.1 Å². The second kappa shape index (κ2) is 8.18. The van der Waals surface area contributed by atoms with Crippen molar-refractivity contribution in [3.63, 3.8) is 0 Å². The normalized spacial score (nSPS) is 50.4. The van der Waals surface area contributed by atoms with Crippen LogP contribution in [0, 0.1) is 34.0 Å². The zero-order valence-corrected chi connectivity index (χ0v) is 23.6. The molecule has 0 radical (unpaired) electrons. The molecule has 1 aromatic heterocycles. The largest absolute Gasteiger partial charge is 0.472 e. The number of hydrogen-bond donors (Lipinski definition) is 4. The van der Waals surface area contributed by atoms with Crippen LogP contribution in [0.4, 0.5) is 0 Å². The molecule has 2 bridgehead atoms. The highest BCUT2D eigenvalue weighted by molar-refractivity contribution is 5.96. The van der Waals surface area contributed by atoms with Gasteiger partial charge in [-0.25, -0.2) is 4.79 Å². The van der Waals surface area contributed by atoms with E-state index in [2.05, 4.69) is 0 Å². The first kappa shape index (κ1) is 28.3. The quantitative estimate of drug-likeness (QED) is 0.289. The van der Waals surface area contributed by atoms with Gasteiger partial charge in [-0.15, -0.1) is 0 Å². The lowest BCUT2D eigenvalue weighted by atomic mass is 9.35. The number of esters is 3. The number of rotatable bonds is 4. The summed E-state index contributed by atoms with van der Waals surface area (Å²) in [4.78, 5) is 52.7. The molecule has 12 unspecified atom stereocenters. The lowest BCUT2D eigenvalue weighted by Gasteiger charge is -2.73. The van der Waals surface area contributed by atoms with E-state index in [0.717, 1.165) is 14.0 Å². The van der Waals surface area contributed by atoms with Crippen molar-refractivity contribution >= 4 is 23.7 Å². The van der Waals surface area contributed by atoms with Crippen molar-refractivity contribution in [3.8, 4) is 0 Å². The van der Waals surface area contributed by atoms with Crippen LogP contribution < -0.4 is 0 Å². The fraction of sp³-hybridized carbons (Fsp3) is 0.724. The number of ether oxygens (including phenoxy) is 3. The molecule has 0 amide bonds. The second-order valence-corrected chi connectivity index (χ2v) is 13.4. The highest BCUT2D eigenvalue weighted by Crippen LogP contribution is 2.81. The molecule has 6 rings (SSSR count). The number of hydrogen-bond acceptors (Lipinski definition) is 12. The molecular formula is C29H36O12. The smallest absolute Gasteiger partial charge is 0.335 e. The fourth-order valence-electron chi connectivity index (χ4n) is 10.5. The molecule has 5 aliphatic rings. The van der Waals surface area contributed by atoms with E-state index < -0.39 is 99.2 Å². The minimum Gasteiger partial charge on any atom is -0.472 e. The van der Waals surface area contributed by atoms with Crippen molar-refractivity contribution < 1.29 is 58.2 Å². The molecule has 12 atom stereocenters. The number of cyclic esters (lactones) is 1. The van der Waals surface area contributed by atoms with Crippen molar-refractivity contribution in [1.82, 2.24) is 0 Å². The van der Waals surface area contributed by atoms with E-state index in [1.165, 1.54) is 12.5 Å². The predicted molar refractivity (Wildman–Crippen MR) is 134 cm³/mol. The van der Waals surface area contributed by atoms with Gasteiger partial charge in [-0.2, -0.15) is 0 Å². The summed E-state index contributed by atoms with van der Waals surface area (Å²) in [6.07, 6.45) is -2.67.